The summed E-state index contributed by atoms with van der Waals surface area (Å²) in [7, 11) is -4.14. The van der Waals surface area contributed by atoms with Gasteiger partial charge in [-0.05, 0) is 55.6 Å². The summed E-state index contributed by atoms with van der Waals surface area (Å²) in [5.41, 5.74) is 5.82. The summed E-state index contributed by atoms with van der Waals surface area (Å²) in [6.07, 6.45) is 1.35. The Kier molecular flexibility index (Phi) is 3.34. The maximum atomic E-state index is 13.0. The van der Waals surface area contributed by atoms with Crippen LogP contribution in [0, 0.1) is 5.82 Å². The summed E-state index contributed by atoms with van der Waals surface area (Å²) in [4.78, 5) is -0.592. The fourth-order valence-corrected chi connectivity index (χ4v) is 3.52. The Labute approximate surface area is 145 Å². The first-order chi connectivity index (χ1) is 12.5. The molecule has 2 aromatic carbocycles. The lowest BCUT2D eigenvalue weighted by Gasteiger charge is -2.14. The van der Waals surface area contributed by atoms with E-state index in [2.05, 4.69) is 10.0 Å². The largest absolute Gasteiger partial charge is 0.397 e. The maximum absolute atomic E-state index is 13.0. The minimum absolute atomic E-state index is 0.00547. The lowest BCUT2D eigenvalue weighted by Crippen LogP contribution is -2.34. The highest BCUT2D eigenvalue weighted by Crippen LogP contribution is 2.36. The predicted molar refractivity (Wildman–Crippen MR) is 92.5 cm³/mol. The van der Waals surface area contributed by atoms with E-state index < -0.39 is 38.6 Å². The van der Waals surface area contributed by atoms with Crippen molar-refractivity contribution in [2.45, 2.75) is 36.7 Å². The van der Waals surface area contributed by atoms with E-state index in [0.29, 0.717) is 18.4 Å². The smallest absolute Gasteiger partial charge is 0.241 e. The summed E-state index contributed by atoms with van der Waals surface area (Å²) in [5.74, 6) is -0.382. The van der Waals surface area contributed by atoms with E-state index in [1.165, 1.54) is 12.1 Å². The van der Waals surface area contributed by atoms with Crippen LogP contribution in [0.25, 0.3) is 0 Å². The number of nitrogens with two attached hydrogens (primary N) is 1. The molecule has 1 aliphatic carbocycles. The molecule has 24 heavy (non-hydrogen) atoms. The van der Waals surface area contributed by atoms with Crippen molar-refractivity contribution in [1.82, 2.24) is 4.72 Å². The number of hydrogen-bond acceptors (Lipinski definition) is 4. The van der Waals surface area contributed by atoms with Gasteiger partial charge >= 0.3 is 0 Å². The van der Waals surface area contributed by atoms with E-state index in [9.17, 15) is 12.8 Å². The highest BCUT2D eigenvalue weighted by molar-refractivity contribution is 7.89. The van der Waals surface area contributed by atoms with Gasteiger partial charge in [-0.25, -0.2) is 17.5 Å². The van der Waals surface area contributed by atoms with Gasteiger partial charge in [-0.15, -0.1) is 0 Å². The van der Waals surface area contributed by atoms with Crippen LogP contribution in [0.15, 0.2) is 47.3 Å². The van der Waals surface area contributed by atoms with Crippen LogP contribution in [-0.2, 0) is 16.6 Å². The fraction of sp³-hybridized carbons (Fsp3) is 0.294. The van der Waals surface area contributed by atoms with E-state index in [-0.39, 0.29) is 23.7 Å². The first-order valence-corrected chi connectivity index (χ1v) is 8.94. The highest BCUT2D eigenvalue weighted by atomic mass is 32.2. The molecule has 128 valence electrons. The Morgan fingerprint density at radius 2 is 1.96 bits per heavy atom. The summed E-state index contributed by atoms with van der Waals surface area (Å²) in [5, 5.41) is 2.85. The molecule has 1 fully saturated rings. The Bertz CT molecular complexity index is 964. The van der Waals surface area contributed by atoms with Crippen molar-refractivity contribution in [2.75, 3.05) is 11.1 Å². The summed E-state index contributed by atoms with van der Waals surface area (Å²) in [6.45, 7) is 1.92. The number of anilines is 2. The lowest BCUT2D eigenvalue weighted by atomic mass is 10.2. The SMILES string of the molecule is [2H]c1c([2H])c(S(=O)(=O)NC2(C)CC2)c([2H])c(N)c1NCc1ccc(F)cc1. The zero-order chi connectivity index (χ0) is 20.0. The minimum atomic E-state index is -4.14. The zero-order valence-corrected chi connectivity index (χ0v) is 13.9. The molecule has 0 atom stereocenters. The second kappa shape index (κ2) is 6.07. The molecule has 2 aromatic rings. The summed E-state index contributed by atoms with van der Waals surface area (Å²) >= 11 is 0. The molecule has 0 radical (unpaired) electrons. The third-order valence-corrected chi connectivity index (χ3v) is 5.35. The van der Waals surface area contributed by atoms with Crippen LogP contribution in [0.3, 0.4) is 0 Å². The van der Waals surface area contributed by atoms with Gasteiger partial charge in [-0.1, -0.05) is 12.1 Å². The number of halogens is 1. The molecular weight excluding hydrogens is 329 g/mol. The predicted octanol–water partition coefficient (Wildman–Crippen LogP) is 2.85. The van der Waals surface area contributed by atoms with Gasteiger partial charge in [0.15, 0.2) is 0 Å². The highest BCUT2D eigenvalue weighted by Gasteiger charge is 2.41. The molecule has 4 N–H and O–H groups in total. The van der Waals surface area contributed by atoms with Crippen LogP contribution in [0.4, 0.5) is 15.8 Å². The average Bonchev–Trinajstić information content (AvgIpc) is 3.30. The number of hydrogen-bond donors (Lipinski definition) is 3. The third-order valence-electron chi connectivity index (χ3n) is 3.85. The van der Waals surface area contributed by atoms with Gasteiger partial charge in [0.1, 0.15) is 5.82 Å². The molecule has 1 saturated carbocycles. The van der Waals surface area contributed by atoms with Gasteiger partial charge in [0, 0.05) is 12.1 Å². The van der Waals surface area contributed by atoms with Gasteiger partial charge in [0.2, 0.25) is 10.0 Å². The molecule has 0 bridgehead atoms. The van der Waals surface area contributed by atoms with E-state index in [1.54, 1.807) is 19.1 Å². The van der Waals surface area contributed by atoms with Crippen LogP contribution >= 0.6 is 0 Å². The average molecular weight is 352 g/mol. The standard InChI is InChI=1S/C17H20FN3O2S/c1-17(8-9-17)21-24(22,23)14-6-7-16(15(19)10-14)20-11-12-2-4-13(18)5-3-12/h2-7,10,20-21H,8-9,11,19H2,1H3/i6D,7D,10D. The zero-order valence-electron chi connectivity index (χ0n) is 16.1. The number of nitrogens with one attached hydrogen (secondary N) is 2. The van der Waals surface area contributed by atoms with Crippen molar-refractivity contribution in [1.29, 1.82) is 0 Å². The lowest BCUT2D eigenvalue weighted by molar-refractivity contribution is 0.558. The molecule has 0 saturated heterocycles. The molecule has 0 unspecified atom stereocenters. The Morgan fingerprint density at radius 1 is 1.29 bits per heavy atom. The summed E-state index contributed by atoms with van der Waals surface area (Å²) in [6, 6.07) is 4.14. The van der Waals surface area contributed by atoms with Gasteiger partial charge in [0.25, 0.3) is 0 Å². The van der Waals surface area contributed by atoms with E-state index >= 15 is 0 Å². The molecule has 5 nitrogen and oxygen atoms in total. The number of sulfonamides is 1. The Balaban J connectivity index is 1.94. The molecule has 7 heteroatoms. The van der Waals surface area contributed by atoms with Crippen LogP contribution in [0.5, 0.6) is 0 Å². The monoisotopic (exact) mass is 352 g/mol. The van der Waals surface area contributed by atoms with Crippen LogP contribution in [0.2, 0.25) is 0 Å². The van der Waals surface area contributed by atoms with Crippen LogP contribution in [0.1, 0.15) is 29.4 Å². The Morgan fingerprint density at radius 3 is 2.58 bits per heavy atom. The van der Waals surface area contributed by atoms with Gasteiger partial charge in [0.05, 0.1) is 20.4 Å². The first kappa shape index (κ1) is 13.2. The van der Waals surface area contributed by atoms with Crippen molar-refractivity contribution in [2.24, 2.45) is 0 Å². The van der Waals surface area contributed by atoms with Crippen molar-refractivity contribution < 1.29 is 16.9 Å². The number of rotatable bonds is 6. The van der Waals surface area contributed by atoms with E-state index in [1.807, 2.05) is 0 Å². The second-order valence-corrected chi connectivity index (χ2v) is 7.76. The molecular formula is C17H20FN3O2S. The Hall–Kier alpha value is -2.12. The van der Waals surface area contributed by atoms with Gasteiger partial charge in [-0.2, -0.15) is 0 Å². The van der Waals surface area contributed by atoms with Gasteiger partial charge in [-0.3, -0.25) is 0 Å². The van der Waals surface area contributed by atoms with Crippen LogP contribution in [-0.4, -0.2) is 14.0 Å². The third kappa shape index (κ3) is 3.85. The van der Waals surface area contributed by atoms with Crippen molar-refractivity contribution in [3.63, 3.8) is 0 Å². The van der Waals surface area contributed by atoms with Crippen LogP contribution < -0.4 is 15.8 Å². The topological polar surface area (TPSA) is 84.2 Å². The van der Waals surface area contributed by atoms with Crippen molar-refractivity contribution in [3.05, 3.63) is 53.8 Å². The normalized spacial score (nSPS) is 17.7. The number of nitrogen functional groups attached to an aromatic ring is 1. The second-order valence-electron chi connectivity index (χ2n) is 6.14. The maximum Gasteiger partial charge on any atom is 0.241 e. The van der Waals surface area contributed by atoms with E-state index in [4.69, 9.17) is 9.85 Å². The molecule has 0 aromatic heterocycles. The molecule has 0 aliphatic heterocycles. The fourth-order valence-electron chi connectivity index (χ4n) is 2.13. The van der Waals surface area contributed by atoms with Crippen molar-refractivity contribution in [3.8, 4) is 0 Å². The quantitative estimate of drug-likeness (QED) is 0.698. The molecule has 0 spiro atoms. The van der Waals surface area contributed by atoms with Gasteiger partial charge < -0.3 is 11.1 Å². The minimum Gasteiger partial charge on any atom is -0.397 e. The van der Waals surface area contributed by atoms with E-state index in [0.717, 1.165) is 0 Å². The number of benzene rings is 2. The molecule has 0 amide bonds. The molecule has 0 heterocycles. The first-order valence-electron chi connectivity index (χ1n) is 8.95. The molecule has 1 aliphatic rings. The molecule has 3 rings (SSSR count). The summed E-state index contributed by atoms with van der Waals surface area (Å²) < 4.78 is 65.0. The van der Waals surface area contributed by atoms with Crippen molar-refractivity contribution >= 4 is 21.4 Å².